The molecule has 0 saturated heterocycles. The van der Waals surface area contributed by atoms with Gasteiger partial charge in [0.1, 0.15) is 12.4 Å². The first kappa shape index (κ1) is 21.4. The minimum Gasteiger partial charge on any atom is -0.489 e. The monoisotopic (exact) mass is 372 g/mol. The van der Waals surface area contributed by atoms with E-state index < -0.39 is 5.60 Å². The molecule has 0 aliphatic carbocycles. The van der Waals surface area contributed by atoms with E-state index in [9.17, 15) is 15.3 Å². The van der Waals surface area contributed by atoms with E-state index in [4.69, 9.17) is 4.74 Å². The molecular formula is C23H32O4. The van der Waals surface area contributed by atoms with Crippen molar-refractivity contribution in [2.24, 2.45) is 0 Å². The molecule has 0 spiro atoms. The van der Waals surface area contributed by atoms with Crippen molar-refractivity contribution in [2.45, 2.75) is 71.4 Å². The maximum Gasteiger partial charge on any atom is 0.120 e. The van der Waals surface area contributed by atoms with Crippen LogP contribution in [0, 0.1) is 0 Å². The SMILES string of the molecule is CC(CCCC(C)(C)O)c1cccc(OCc2ccc(CO)c(CO)c2)c1. The first-order chi connectivity index (χ1) is 12.8. The van der Waals surface area contributed by atoms with Crippen molar-refractivity contribution in [3.05, 3.63) is 64.7 Å². The fraction of sp³-hybridized carbons (Fsp3) is 0.478. The second kappa shape index (κ2) is 9.88. The van der Waals surface area contributed by atoms with Crippen LogP contribution in [0.5, 0.6) is 5.75 Å². The van der Waals surface area contributed by atoms with Crippen LogP contribution in [0.2, 0.25) is 0 Å². The van der Waals surface area contributed by atoms with Crippen molar-refractivity contribution < 1.29 is 20.1 Å². The van der Waals surface area contributed by atoms with Crippen LogP contribution in [0.15, 0.2) is 42.5 Å². The van der Waals surface area contributed by atoms with Crippen molar-refractivity contribution in [3.8, 4) is 5.75 Å². The normalized spacial score (nSPS) is 12.8. The molecule has 27 heavy (non-hydrogen) atoms. The standard InChI is InChI=1S/C23H32O4/c1-17(6-5-11-23(2,3)26)19-7-4-8-22(13-19)27-16-18-9-10-20(14-24)21(12-18)15-25/h4,7-10,12-13,17,24-26H,5-6,11,14-16H2,1-3H3. The summed E-state index contributed by atoms with van der Waals surface area (Å²) >= 11 is 0. The van der Waals surface area contributed by atoms with Gasteiger partial charge in [-0.25, -0.2) is 0 Å². The summed E-state index contributed by atoms with van der Waals surface area (Å²) in [5, 5.41) is 28.5. The molecule has 0 radical (unpaired) electrons. The molecule has 0 aliphatic rings. The van der Waals surface area contributed by atoms with Crippen molar-refractivity contribution in [2.75, 3.05) is 0 Å². The molecule has 0 aliphatic heterocycles. The number of ether oxygens (including phenoxy) is 1. The highest BCUT2D eigenvalue weighted by Crippen LogP contribution is 2.27. The average molecular weight is 373 g/mol. The Bertz CT molecular complexity index is 719. The number of benzene rings is 2. The highest BCUT2D eigenvalue weighted by Gasteiger charge is 2.14. The molecule has 148 valence electrons. The average Bonchev–Trinajstić information content (AvgIpc) is 2.65. The van der Waals surface area contributed by atoms with Gasteiger partial charge in [0.15, 0.2) is 0 Å². The molecule has 3 N–H and O–H groups in total. The van der Waals surface area contributed by atoms with Gasteiger partial charge in [-0.15, -0.1) is 0 Å². The third kappa shape index (κ3) is 6.98. The molecule has 2 aromatic carbocycles. The maximum atomic E-state index is 9.84. The molecule has 0 bridgehead atoms. The lowest BCUT2D eigenvalue weighted by molar-refractivity contribution is 0.0678. The summed E-state index contributed by atoms with van der Waals surface area (Å²) in [5.41, 5.74) is 3.05. The van der Waals surface area contributed by atoms with Crippen LogP contribution in [0.25, 0.3) is 0 Å². The largest absolute Gasteiger partial charge is 0.489 e. The molecule has 0 amide bonds. The second-order valence-corrected chi connectivity index (χ2v) is 7.89. The number of aliphatic hydroxyl groups excluding tert-OH is 2. The molecule has 0 aromatic heterocycles. The van der Waals surface area contributed by atoms with Crippen LogP contribution in [-0.4, -0.2) is 20.9 Å². The minimum absolute atomic E-state index is 0.0789. The summed E-state index contributed by atoms with van der Waals surface area (Å²) < 4.78 is 5.93. The Morgan fingerprint density at radius 1 is 1.00 bits per heavy atom. The number of rotatable bonds is 10. The van der Waals surface area contributed by atoms with Crippen LogP contribution in [0.1, 0.15) is 68.2 Å². The van der Waals surface area contributed by atoms with E-state index in [2.05, 4.69) is 19.1 Å². The Labute approximate surface area is 162 Å². The van der Waals surface area contributed by atoms with Gasteiger partial charge in [0, 0.05) is 0 Å². The van der Waals surface area contributed by atoms with Crippen LogP contribution >= 0.6 is 0 Å². The Hall–Kier alpha value is -1.88. The second-order valence-electron chi connectivity index (χ2n) is 7.89. The van der Waals surface area contributed by atoms with Gasteiger partial charge in [-0.05, 0) is 73.1 Å². The summed E-state index contributed by atoms with van der Waals surface area (Å²) in [7, 11) is 0. The molecule has 4 nitrogen and oxygen atoms in total. The van der Waals surface area contributed by atoms with E-state index in [-0.39, 0.29) is 13.2 Å². The van der Waals surface area contributed by atoms with Crippen molar-refractivity contribution in [3.63, 3.8) is 0 Å². The molecule has 1 unspecified atom stereocenters. The summed E-state index contributed by atoms with van der Waals surface area (Å²) in [6.45, 7) is 6.13. The van der Waals surface area contributed by atoms with Crippen molar-refractivity contribution in [1.82, 2.24) is 0 Å². The number of aliphatic hydroxyl groups is 3. The van der Waals surface area contributed by atoms with Crippen LogP contribution in [0.3, 0.4) is 0 Å². The Morgan fingerprint density at radius 3 is 2.41 bits per heavy atom. The molecular weight excluding hydrogens is 340 g/mol. The van der Waals surface area contributed by atoms with Gasteiger partial charge in [-0.2, -0.15) is 0 Å². The smallest absolute Gasteiger partial charge is 0.120 e. The van der Waals surface area contributed by atoms with E-state index in [0.29, 0.717) is 12.5 Å². The summed E-state index contributed by atoms with van der Waals surface area (Å²) in [6, 6.07) is 13.7. The number of hydrogen-bond acceptors (Lipinski definition) is 4. The lowest BCUT2D eigenvalue weighted by atomic mass is 9.92. The quantitative estimate of drug-likeness (QED) is 0.582. The molecule has 0 saturated carbocycles. The highest BCUT2D eigenvalue weighted by molar-refractivity contribution is 5.33. The van der Waals surface area contributed by atoms with Gasteiger partial charge >= 0.3 is 0 Å². The van der Waals surface area contributed by atoms with Crippen LogP contribution < -0.4 is 4.74 Å². The number of hydrogen-bond donors (Lipinski definition) is 3. The zero-order valence-electron chi connectivity index (χ0n) is 16.6. The fourth-order valence-electron chi connectivity index (χ4n) is 3.16. The van der Waals surface area contributed by atoms with Crippen molar-refractivity contribution in [1.29, 1.82) is 0 Å². The van der Waals surface area contributed by atoms with E-state index in [0.717, 1.165) is 41.7 Å². The van der Waals surface area contributed by atoms with Gasteiger partial charge in [0.2, 0.25) is 0 Å². The third-order valence-corrected chi connectivity index (χ3v) is 4.87. The first-order valence-electron chi connectivity index (χ1n) is 9.60. The Kier molecular flexibility index (Phi) is 7.84. The Morgan fingerprint density at radius 2 is 1.74 bits per heavy atom. The maximum absolute atomic E-state index is 9.84. The topological polar surface area (TPSA) is 69.9 Å². The van der Waals surface area contributed by atoms with E-state index >= 15 is 0 Å². The third-order valence-electron chi connectivity index (χ3n) is 4.87. The molecule has 4 heteroatoms. The van der Waals surface area contributed by atoms with Gasteiger partial charge < -0.3 is 20.1 Å². The predicted molar refractivity (Wildman–Crippen MR) is 108 cm³/mol. The fourth-order valence-corrected chi connectivity index (χ4v) is 3.16. The highest BCUT2D eigenvalue weighted by atomic mass is 16.5. The summed E-state index contributed by atoms with van der Waals surface area (Å²) in [6.07, 6.45) is 2.80. The van der Waals surface area contributed by atoms with E-state index in [1.165, 1.54) is 5.56 Å². The minimum atomic E-state index is -0.607. The molecule has 0 fully saturated rings. The van der Waals surface area contributed by atoms with Crippen LogP contribution in [-0.2, 0) is 19.8 Å². The van der Waals surface area contributed by atoms with E-state index in [1.54, 1.807) is 0 Å². The zero-order valence-corrected chi connectivity index (χ0v) is 16.6. The van der Waals surface area contributed by atoms with Gasteiger partial charge in [0.25, 0.3) is 0 Å². The van der Waals surface area contributed by atoms with Crippen molar-refractivity contribution >= 4 is 0 Å². The van der Waals surface area contributed by atoms with Gasteiger partial charge in [-0.1, -0.05) is 37.6 Å². The lowest BCUT2D eigenvalue weighted by Gasteiger charge is -2.19. The first-order valence-corrected chi connectivity index (χ1v) is 9.60. The lowest BCUT2D eigenvalue weighted by Crippen LogP contribution is -2.18. The molecule has 2 aromatic rings. The van der Waals surface area contributed by atoms with Crippen LogP contribution in [0.4, 0.5) is 0 Å². The Balaban J connectivity index is 1.95. The molecule has 0 heterocycles. The van der Waals surface area contributed by atoms with Gasteiger partial charge in [-0.3, -0.25) is 0 Å². The molecule has 1 atom stereocenters. The van der Waals surface area contributed by atoms with E-state index in [1.807, 2.05) is 44.2 Å². The summed E-state index contributed by atoms with van der Waals surface area (Å²) in [5.74, 6) is 1.22. The predicted octanol–water partition coefficient (Wildman–Crippen LogP) is 4.29. The summed E-state index contributed by atoms with van der Waals surface area (Å²) in [4.78, 5) is 0. The zero-order chi connectivity index (χ0) is 19.9. The van der Waals surface area contributed by atoms with Gasteiger partial charge in [0.05, 0.1) is 18.8 Å². The molecule has 2 rings (SSSR count).